The predicted molar refractivity (Wildman–Crippen MR) is 61.8 cm³/mol. The molecule has 2 rings (SSSR count). The van der Waals surface area contributed by atoms with Crippen LogP contribution in [0.5, 0.6) is 0 Å². The lowest BCUT2D eigenvalue weighted by Crippen LogP contribution is -3.00. The van der Waals surface area contributed by atoms with Gasteiger partial charge in [0.05, 0.1) is 11.6 Å². The van der Waals surface area contributed by atoms with Crippen LogP contribution in [0.2, 0.25) is 0 Å². The van der Waals surface area contributed by atoms with Crippen LogP contribution in [0.15, 0.2) is 46.0 Å². The fourth-order valence-electron chi connectivity index (χ4n) is 1.54. The first-order valence-corrected chi connectivity index (χ1v) is 6.21. The molecule has 1 heterocycles. The third-order valence-electron chi connectivity index (χ3n) is 2.28. The molecule has 16 heavy (non-hydrogen) atoms. The number of nitrogens with zero attached hydrogens (tertiary/aromatic N) is 1. The van der Waals surface area contributed by atoms with E-state index in [9.17, 15) is 0 Å². The molecule has 2 nitrogen and oxygen atoms in total. The van der Waals surface area contributed by atoms with Gasteiger partial charge in [-0.1, -0.05) is 30.0 Å². The molecule has 0 fully saturated rings. The minimum absolute atomic E-state index is 0. The van der Waals surface area contributed by atoms with Gasteiger partial charge in [-0.25, -0.2) is 4.52 Å². The Bertz CT molecular complexity index is 442. The van der Waals surface area contributed by atoms with E-state index in [2.05, 4.69) is 25.1 Å². The van der Waals surface area contributed by atoms with Gasteiger partial charge in [-0.2, -0.15) is 0 Å². The van der Waals surface area contributed by atoms with E-state index >= 15 is 0 Å². The van der Waals surface area contributed by atoms with Gasteiger partial charge in [0.25, 0.3) is 5.69 Å². The number of hydrogen-bond acceptors (Lipinski definition) is 2. The van der Waals surface area contributed by atoms with Crippen LogP contribution in [-0.4, -0.2) is 6.26 Å². The van der Waals surface area contributed by atoms with Gasteiger partial charge in [-0.05, 0) is 30.1 Å². The van der Waals surface area contributed by atoms with Crippen LogP contribution in [0.25, 0.3) is 11.3 Å². The zero-order valence-corrected chi connectivity index (χ0v) is 12.3. The molecular formula is C12H14INOS. The number of halogens is 1. The monoisotopic (exact) mass is 347 g/mol. The van der Waals surface area contributed by atoms with Crippen LogP contribution in [0.1, 0.15) is 6.92 Å². The molecule has 0 saturated heterocycles. The Balaban J connectivity index is 0.00000128. The standard InChI is InChI=1S/C12H14NOS.HI/c1-3-13-11(9-12(14-13)15-2)10-7-5-4-6-8-10;/h4-9H,3H2,1-2H3;1H/q+1;/p-1. The quantitative estimate of drug-likeness (QED) is 0.441. The third-order valence-corrected chi connectivity index (χ3v) is 2.88. The van der Waals surface area contributed by atoms with E-state index in [4.69, 9.17) is 4.52 Å². The third kappa shape index (κ3) is 2.79. The molecule has 0 bridgehead atoms. The second-order valence-corrected chi connectivity index (χ2v) is 4.02. The van der Waals surface area contributed by atoms with Crippen LogP contribution < -0.4 is 28.7 Å². The summed E-state index contributed by atoms with van der Waals surface area (Å²) in [6.07, 6.45) is 2.02. The molecule has 1 aromatic heterocycles. The van der Waals surface area contributed by atoms with E-state index in [1.54, 1.807) is 11.8 Å². The van der Waals surface area contributed by atoms with Gasteiger partial charge < -0.3 is 24.0 Å². The molecule has 1 aromatic carbocycles. The second kappa shape index (κ2) is 6.30. The van der Waals surface area contributed by atoms with Crippen LogP contribution in [0.4, 0.5) is 0 Å². The molecule has 0 spiro atoms. The summed E-state index contributed by atoms with van der Waals surface area (Å²) in [5, 5.41) is 0.954. The largest absolute Gasteiger partial charge is 1.00 e. The molecule has 0 radical (unpaired) electrons. The van der Waals surface area contributed by atoms with Crippen molar-refractivity contribution in [2.45, 2.75) is 18.6 Å². The highest BCUT2D eigenvalue weighted by atomic mass is 127. The van der Waals surface area contributed by atoms with E-state index in [1.165, 1.54) is 5.56 Å². The summed E-state index contributed by atoms with van der Waals surface area (Å²) >= 11 is 1.63. The van der Waals surface area contributed by atoms with Crippen molar-refractivity contribution in [3.05, 3.63) is 36.4 Å². The first-order valence-electron chi connectivity index (χ1n) is 4.98. The van der Waals surface area contributed by atoms with Crippen molar-refractivity contribution in [2.75, 3.05) is 6.26 Å². The Morgan fingerprint density at radius 2 is 1.94 bits per heavy atom. The number of aryl methyl sites for hydroxylation is 1. The van der Waals surface area contributed by atoms with Crippen molar-refractivity contribution in [1.82, 2.24) is 0 Å². The van der Waals surface area contributed by atoms with Gasteiger partial charge in [-0.3, -0.25) is 0 Å². The lowest BCUT2D eigenvalue weighted by Gasteiger charge is -1.91. The van der Waals surface area contributed by atoms with Crippen molar-refractivity contribution in [1.29, 1.82) is 0 Å². The number of benzene rings is 1. The van der Waals surface area contributed by atoms with Gasteiger partial charge >= 0.3 is 0 Å². The maximum absolute atomic E-state index is 5.65. The minimum atomic E-state index is 0. The lowest BCUT2D eigenvalue weighted by atomic mass is 10.1. The molecule has 0 aliphatic heterocycles. The van der Waals surface area contributed by atoms with Gasteiger partial charge in [-0.15, -0.1) is 0 Å². The Labute approximate surface area is 117 Å². The van der Waals surface area contributed by atoms with Crippen molar-refractivity contribution in [2.24, 2.45) is 0 Å². The molecular weight excluding hydrogens is 333 g/mol. The van der Waals surface area contributed by atoms with Gasteiger partial charge in [0.1, 0.15) is 0 Å². The van der Waals surface area contributed by atoms with E-state index in [0.29, 0.717) is 0 Å². The fraction of sp³-hybridized carbons (Fsp3) is 0.250. The molecule has 0 aliphatic rings. The highest BCUT2D eigenvalue weighted by Crippen LogP contribution is 2.22. The maximum atomic E-state index is 5.65. The summed E-state index contributed by atoms with van der Waals surface area (Å²) in [4.78, 5) is 0. The Morgan fingerprint density at radius 1 is 1.25 bits per heavy atom. The second-order valence-electron chi connectivity index (χ2n) is 3.20. The van der Waals surface area contributed by atoms with Crippen LogP contribution >= 0.6 is 11.8 Å². The molecule has 2 aromatic rings. The predicted octanol–water partition coefficient (Wildman–Crippen LogP) is -0.0201. The molecule has 0 atom stereocenters. The Kier molecular flexibility index (Phi) is 5.34. The van der Waals surface area contributed by atoms with Crippen LogP contribution in [0.3, 0.4) is 0 Å². The first kappa shape index (κ1) is 13.6. The molecule has 0 amide bonds. The Morgan fingerprint density at radius 3 is 2.50 bits per heavy atom. The molecule has 86 valence electrons. The van der Waals surface area contributed by atoms with E-state index < -0.39 is 0 Å². The van der Waals surface area contributed by atoms with Crippen molar-refractivity contribution in [3.8, 4) is 11.3 Å². The number of aromatic nitrogens is 1. The van der Waals surface area contributed by atoms with Crippen molar-refractivity contribution < 1.29 is 33.2 Å². The zero-order chi connectivity index (χ0) is 10.7. The first-order chi connectivity index (χ1) is 7.35. The Hall–Kier alpha value is -0.490. The van der Waals surface area contributed by atoms with E-state index in [0.717, 1.165) is 17.3 Å². The van der Waals surface area contributed by atoms with Crippen molar-refractivity contribution in [3.63, 3.8) is 0 Å². The lowest BCUT2D eigenvalue weighted by molar-refractivity contribution is -0.858. The number of hydrogen-bond donors (Lipinski definition) is 0. The average Bonchev–Trinajstić information content (AvgIpc) is 2.73. The molecule has 0 saturated carbocycles. The zero-order valence-electron chi connectivity index (χ0n) is 9.31. The topological polar surface area (TPSA) is 17.0 Å². The fourth-order valence-corrected chi connectivity index (χ4v) is 1.93. The maximum Gasteiger partial charge on any atom is 0.263 e. The average molecular weight is 347 g/mol. The van der Waals surface area contributed by atoms with Crippen LogP contribution in [-0.2, 0) is 6.54 Å². The summed E-state index contributed by atoms with van der Waals surface area (Å²) < 4.78 is 7.56. The highest BCUT2D eigenvalue weighted by Gasteiger charge is 2.18. The van der Waals surface area contributed by atoms with Gasteiger partial charge in [0, 0.05) is 0 Å². The van der Waals surface area contributed by atoms with Gasteiger partial charge in [0.2, 0.25) is 5.09 Å². The molecule has 0 unspecified atom stereocenters. The van der Waals surface area contributed by atoms with Gasteiger partial charge in [0.15, 0.2) is 6.54 Å². The van der Waals surface area contributed by atoms with Crippen LogP contribution in [0, 0.1) is 0 Å². The van der Waals surface area contributed by atoms with Crippen molar-refractivity contribution >= 4 is 11.8 Å². The summed E-state index contributed by atoms with van der Waals surface area (Å²) in [7, 11) is 0. The molecule has 0 aliphatic carbocycles. The molecule has 4 heteroatoms. The SMILES string of the molecule is CC[n+]1oc(SC)cc1-c1ccccc1.[I-]. The summed E-state index contributed by atoms with van der Waals surface area (Å²) in [6.45, 7) is 2.94. The molecule has 0 N–H and O–H groups in total. The minimum Gasteiger partial charge on any atom is -1.00 e. The van der Waals surface area contributed by atoms with E-state index in [1.807, 2.05) is 29.2 Å². The normalized spacial score (nSPS) is 9.88. The summed E-state index contributed by atoms with van der Waals surface area (Å²) in [5.41, 5.74) is 2.34. The summed E-state index contributed by atoms with van der Waals surface area (Å²) in [5.74, 6) is 0. The summed E-state index contributed by atoms with van der Waals surface area (Å²) in [6, 6.07) is 12.4. The highest BCUT2D eigenvalue weighted by molar-refractivity contribution is 7.98. The smallest absolute Gasteiger partial charge is 0.263 e. The van der Waals surface area contributed by atoms with E-state index in [-0.39, 0.29) is 24.0 Å². The number of rotatable bonds is 3. The number of thioether (sulfide) groups is 1.